The molecule has 0 aliphatic heterocycles. The van der Waals surface area contributed by atoms with E-state index in [1.54, 1.807) is 12.1 Å². The molecule has 0 unspecified atom stereocenters. The SMILES string of the molecule is Cc1ccccc1NCC(=O)N/N=C/c1cc(N=Nc2ccccc2)ccc1O. The van der Waals surface area contributed by atoms with Gasteiger partial charge in [-0.05, 0) is 48.9 Å². The van der Waals surface area contributed by atoms with Crippen LogP contribution in [0.1, 0.15) is 11.1 Å². The molecule has 0 saturated carbocycles. The summed E-state index contributed by atoms with van der Waals surface area (Å²) in [6.07, 6.45) is 1.36. The molecule has 0 fully saturated rings. The van der Waals surface area contributed by atoms with Crippen LogP contribution in [0, 0.1) is 6.92 Å². The van der Waals surface area contributed by atoms with Crippen molar-refractivity contribution in [2.24, 2.45) is 15.3 Å². The maximum absolute atomic E-state index is 11.9. The normalized spacial score (nSPS) is 11.1. The Hall–Kier alpha value is -4.00. The smallest absolute Gasteiger partial charge is 0.259 e. The standard InChI is InChI=1S/C22H21N5O2/c1-16-7-5-6-10-20(16)23-15-22(29)27-24-14-17-13-19(11-12-21(17)28)26-25-18-8-3-2-4-9-18/h2-14,23,28H,15H2,1H3,(H,27,29)/b24-14+,26-25?. The van der Waals surface area contributed by atoms with Gasteiger partial charge in [-0.2, -0.15) is 15.3 Å². The molecular weight excluding hydrogens is 366 g/mol. The summed E-state index contributed by atoms with van der Waals surface area (Å²) in [7, 11) is 0. The predicted octanol–water partition coefficient (Wildman–Crippen LogP) is 4.68. The van der Waals surface area contributed by atoms with Gasteiger partial charge in [0, 0.05) is 11.3 Å². The average molecular weight is 387 g/mol. The zero-order valence-electron chi connectivity index (χ0n) is 15.9. The molecular formula is C22H21N5O2. The highest BCUT2D eigenvalue weighted by atomic mass is 16.3. The van der Waals surface area contributed by atoms with E-state index >= 15 is 0 Å². The Morgan fingerprint density at radius 1 is 0.966 bits per heavy atom. The van der Waals surface area contributed by atoms with Crippen LogP contribution in [0.2, 0.25) is 0 Å². The van der Waals surface area contributed by atoms with E-state index in [0.717, 1.165) is 16.9 Å². The van der Waals surface area contributed by atoms with Crippen LogP contribution in [0.4, 0.5) is 17.1 Å². The van der Waals surface area contributed by atoms with Crippen molar-refractivity contribution in [1.82, 2.24) is 5.43 Å². The second-order valence-corrected chi connectivity index (χ2v) is 6.24. The Kier molecular flexibility index (Phi) is 6.67. The van der Waals surface area contributed by atoms with Crippen LogP contribution in [0.3, 0.4) is 0 Å². The minimum absolute atomic E-state index is 0.0275. The number of nitrogens with one attached hydrogen (secondary N) is 2. The van der Waals surface area contributed by atoms with Crippen LogP contribution in [0.25, 0.3) is 0 Å². The summed E-state index contributed by atoms with van der Waals surface area (Å²) in [4.78, 5) is 11.9. The summed E-state index contributed by atoms with van der Waals surface area (Å²) < 4.78 is 0. The lowest BCUT2D eigenvalue weighted by Crippen LogP contribution is -2.26. The number of para-hydroxylation sites is 1. The number of azo groups is 1. The van der Waals surface area contributed by atoms with Crippen LogP contribution < -0.4 is 10.7 Å². The van der Waals surface area contributed by atoms with Crippen LogP contribution >= 0.6 is 0 Å². The highest BCUT2D eigenvalue weighted by Gasteiger charge is 2.03. The Labute approximate surface area is 168 Å². The molecule has 29 heavy (non-hydrogen) atoms. The van der Waals surface area contributed by atoms with E-state index in [-0.39, 0.29) is 18.2 Å². The Balaban J connectivity index is 1.57. The minimum Gasteiger partial charge on any atom is -0.507 e. The monoisotopic (exact) mass is 387 g/mol. The van der Waals surface area contributed by atoms with Gasteiger partial charge in [-0.1, -0.05) is 36.4 Å². The third-order valence-corrected chi connectivity index (χ3v) is 4.03. The molecule has 7 heteroatoms. The van der Waals surface area contributed by atoms with Crippen molar-refractivity contribution in [1.29, 1.82) is 0 Å². The van der Waals surface area contributed by atoms with Crippen LogP contribution in [0.5, 0.6) is 5.75 Å². The number of carbonyl (C=O) groups excluding carboxylic acids is 1. The summed E-state index contributed by atoms with van der Waals surface area (Å²) in [5.74, 6) is -0.274. The second kappa shape index (κ2) is 9.80. The molecule has 0 aliphatic carbocycles. The maximum Gasteiger partial charge on any atom is 0.259 e. The summed E-state index contributed by atoms with van der Waals surface area (Å²) in [6, 6.07) is 21.8. The number of carbonyl (C=O) groups is 1. The third kappa shape index (κ3) is 6.00. The number of rotatable bonds is 7. The van der Waals surface area contributed by atoms with Crippen molar-refractivity contribution in [3.05, 3.63) is 83.9 Å². The number of hydrogen-bond acceptors (Lipinski definition) is 6. The van der Waals surface area contributed by atoms with Crippen LogP contribution in [0.15, 0.2) is 88.1 Å². The minimum atomic E-state index is -0.302. The summed E-state index contributed by atoms with van der Waals surface area (Å²) >= 11 is 0. The van der Waals surface area contributed by atoms with Gasteiger partial charge in [0.1, 0.15) is 5.75 Å². The fraction of sp³-hybridized carbons (Fsp3) is 0.0909. The van der Waals surface area contributed by atoms with E-state index in [9.17, 15) is 9.90 Å². The first-order chi connectivity index (χ1) is 14.1. The Bertz CT molecular complexity index is 1030. The molecule has 0 aromatic heterocycles. The van der Waals surface area contributed by atoms with Crippen LogP contribution in [-0.2, 0) is 4.79 Å². The molecule has 0 bridgehead atoms. The van der Waals surface area contributed by atoms with E-state index in [2.05, 4.69) is 26.1 Å². The molecule has 7 nitrogen and oxygen atoms in total. The highest BCUT2D eigenvalue weighted by molar-refractivity contribution is 5.87. The van der Waals surface area contributed by atoms with E-state index in [1.807, 2.05) is 61.5 Å². The predicted molar refractivity (Wildman–Crippen MR) is 114 cm³/mol. The van der Waals surface area contributed by atoms with Gasteiger partial charge in [-0.3, -0.25) is 4.79 Å². The van der Waals surface area contributed by atoms with Crippen molar-refractivity contribution < 1.29 is 9.90 Å². The molecule has 0 heterocycles. The number of hydrazone groups is 1. The van der Waals surface area contributed by atoms with Crippen molar-refractivity contribution in [3.8, 4) is 5.75 Å². The quantitative estimate of drug-likeness (QED) is 0.312. The molecule has 146 valence electrons. The van der Waals surface area contributed by atoms with E-state index in [0.29, 0.717) is 11.3 Å². The first kappa shape index (κ1) is 19.8. The number of amides is 1. The average Bonchev–Trinajstić information content (AvgIpc) is 2.74. The van der Waals surface area contributed by atoms with Crippen molar-refractivity contribution in [2.75, 3.05) is 11.9 Å². The lowest BCUT2D eigenvalue weighted by Gasteiger charge is -2.07. The maximum atomic E-state index is 11.9. The topological polar surface area (TPSA) is 98.4 Å². The molecule has 0 radical (unpaired) electrons. The van der Waals surface area contributed by atoms with Gasteiger partial charge in [0.2, 0.25) is 0 Å². The molecule has 3 rings (SSSR count). The molecule has 3 aromatic carbocycles. The molecule has 0 atom stereocenters. The van der Waals surface area contributed by atoms with E-state index in [4.69, 9.17) is 0 Å². The summed E-state index contributed by atoms with van der Waals surface area (Å²) in [5, 5.41) is 25.2. The molecule has 3 N–H and O–H groups in total. The first-order valence-corrected chi connectivity index (χ1v) is 9.03. The number of aromatic hydroxyl groups is 1. The number of aryl methyl sites for hydroxylation is 1. The van der Waals surface area contributed by atoms with Gasteiger partial charge in [-0.15, -0.1) is 0 Å². The molecule has 0 spiro atoms. The number of benzene rings is 3. The summed E-state index contributed by atoms with van der Waals surface area (Å²) in [6.45, 7) is 2.04. The third-order valence-electron chi connectivity index (χ3n) is 4.03. The fourth-order valence-corrected chi connectivity index (χ4v) is 2.48. The van der Waals surface area contributed by atoms with E-state index < -0.39 is 0 Å². The Morgan fingerprint density at radius 2 is 1.69 bits per heavy atom. The fourth-order valence-electron chi connectivity index (χ4n) is 2.48. The number of phenolic OH excluding ortho intramolecular Hbond substituents is 1. The van der Waals surface area contributed by atoms with Gasteiger partial charge >= 0.3 is 0 Å². The number of hydrogen-bond donors (Lipinski definition) is 3. The number of anilines is 1. The zero-order valence-corrected chi connectivity index (χ0v) is 15.9. The summed E-state index contributed by atoms with van der Waals surface area (Å²) in [5.41, 5.74) is 6.07. The molecule has 1 amide bonds. The van der Waals surface area contributed by atoms with Gasteiger partial charge in [-0.25, -0.2) is 5.43 Å². The zero-order chi connectivity index (χ0) is 20.5. The molecule has 3 aromatic rings. The first-order valence-electron chi connectivity index (χ1n) is 9.03. The van der Waals surface area contributed by atoms with Crippen molar-refractivity contribution in [2.45, 2.75) is 6.92 Å². The Morgan fingerprint density at radius 3 is 2.48 bits per heavy atom. The molecule has 0 saturated heterocycles. The van der Waals surface area contributed by atoms with Gasteiger partial charge < -0.3 is 10.4 Å². The number of phenols is 1. The number of nitrogens with zero attached hydrogens (tertiary/aromatic N) is 3. The lowest BCUT2D eigenvalue weighted by atomic mass is 10.2. The van der Waals surface area contributed by atoms with Crippen LogP contribution in [-0.4, -0.2) is 23.8 Å². The van der Waals surface area contributed by atoms with Gasteiger partial charge in [0.25, 0.3) is 5.91 Å². The van der Waals surface area contributed by atoms with Crippen molar-refractivity contribution in [3.63, 3.8) is 0 Å². The van der Waals surface area contributed by atoms with Crippen molar-refractivity contribution >= 4 is 29.2 Å². The van der Waals surface area contributed by atoms with E-state index in [1.165, 1.54) is 12.3 Å². The van der Waals surface area contributed by atoms with Gasteiger partial charge in [0.05, 0.1) is 24.1 Å². The lowest BCUT2D eigenvalue weighted by molar-refractivity contribution is -0.119. The largest absolute Gasteiger partial charge is 0.507 e. The second-order valence-electron chi connectivity index (χ2n) is 6.24. The van der Waals surface area contributed by atoms with Gasteiger partial charge in [0.15, 0.2) is 0 Å². The highest BCUT2D eigenvalue weighted by Crippen LogP contribution is 2.24. The molecule has 0 aliphatic rings.